The highest BCUT2D eigenvalue weighted by Gasteiger charge is 2.60. The van der Waals surface area contributed by atoms with Crippen LogP contribution in [0.4, 0.5) is 4.39 Å². The van der Waals surface area contributed by atoms with E-state index in [0.717, 1.165) is 0 Å². The van der Waals surface area contributed by atoms with Crippen molar-refractivity contribution in [1.29, 1.82) is 0 Å². The highest BCUT2D eigenvalue weighted by atomic mass is 35.5. The second kappa shape index (κ2) is 9.91. The van der Waals surface area contributed by atoms with Gasteiger partial charge in [0.1, 0.15) is 19.3 Å². The van der Waals surface area contributed by atoms with Crippen molar-refractivity contribution in [2.75, 3.05) is 12.5 Å². The molecule has 0 bridgehead atoms. The third-order valence-corrected chi connectivity index (χ3v) is 5.36. The largest absolute Gasteiger partial charge is 0.462 e. The average molecular weight is 487 g/mol. The van der Waals surface area contributed by atoms with Gasteiger partial charge < -0.3 is 14.2 Å². The summed E-state index contributed by atoms with van der Waals surface area (Å²) in [4.78, 5) is 44.5. The maximum atomic E-state index is 15.6. The van der Waals surface area contributed by atoms with Crippen molar-refractivity contribution >= 4 is 23.5 Å². The summed E-state index contributed by atoms with van der Waals surface area (Å²) >= 11 is 6.12. The second-order valence-corrected chi connectivity index (χ2v) is 8.37. The first-order valence-electron chi connectivity index (χ1n) is 10.2. The van der Waals surface area contributed by atoms with Gasteiger partial charge in [-0.25, -0.2) is 18.9 Å². The van der Waals surface area contributed by atoms with E-state index in [-0.39, 0.29) is 5.82 Å². The van der Waals surface area contributed by atoms with Crippen molar-refractivity contribution in [3.05, 3.63) is 29.3 Å². The minimum absolute atomic E-state index is 0.0550. The molecule has 14 heteroatoms. The molecule has 0 saturated carbocycles. The molecule has 3 rings (SSSR count). The molecule has 1 saturated heterocycles. The maximum absolute atomic E-state index is 15.6. The van der Waals surface area contributed by atoms with E-state index in [2.05, 4.69) is 20.2 Å². The van der Waals surface area contributed by atoms with Crippen molar-refractivity contribution in [3.63, 3.8) is 0 Å². The molecule has 1 aliphatic heterocycles. The second-order valence-electron chi connectivity index (χ2n) is 8.11. The zero-order valence-electron chi connectivity index (χ0n) is 18.4. The lowest BCUT2D eigenvalue weighted by Gasteiger charge is -2.31. The number of carbonyl (C=O) groups is 2. The number of hydrogen-bond acceptors (Lipinski definition) is 10. The third-order valence-electron chi connectivity index (χ3n) is 4.90. The molecule has 0 unspecified atom stereocenters. The first kappa shape index (κ1) is 24.7. The number of rotatable bonds is 8. The summed E-state index contributed by atoms with van der Waals surface area (Å²) in [5.41, 5.74) is -2.71. The Morgan fingerprint density at radius 2 is 1.94 bits per heavy atom. The van der Waals surface area contributed by atoms with E-state index >= 15 is 4.39 Å². The Morgan fingerprint density at radius 1 is 1.24 bits per heavy atom. The van der Waals surface area contributed by atoms with Gasteiger partial charge in [0.05, 0.1) is 23.9 Å². The minimum atomic E-state index is -2.06. The molecule has 2 aromatic rings. The number of ether oxygens (including phenoxy) is 3. The number of nitrogens with zero attached hydrogens (tertiary/aromatic N) is 6. The van der Waals surface area contributed by atoms with Crippen LogP contribution in [0.15, 0.2) is 23.6 Å². The lowest BCUT2D eigenvalue weighted by molar-refractivity contribution is -0.177. The molecule has 4 atom stereocenters. The smallest absolute Gasteiger partial charge is 0.368 e. The first-order valence-corrected chi connectivity index (χ1v) is 10.7. The zero-order chi connectivity index (χ0) is 24.3. The SMILES string of the molecule is CC(C)C(=O)OC[C@@]1(CCl)O[C@@H](n2ncc(-n3cncn3)nc2=O)[C@H](F)[C@@H]1OC(=O)C(C)C. The fraction of sp³-hybridized carbons (Fsp3) is 0.632. The van der Waals surface area contributed by atoms with E-state index < -0.39 is 66.1 Å². The van der Waals surface area contributed by atoms with Crippen LogP contribution in [0, 0.1) is 11.8 Å². The van der Waals surface area contributed by atoms with Crippen molar-refractivity contribution in [3.8, 4) is 5.82 Å². The van der Waals surface area contributed by atoms with Crippen LogP contribution in [0.5, 0.6) is 0 Å². The summed E-state index contributed by atoms with van der Waals surface area (Å²) in [5.74, 6) is -2.68. The van der Waals surface area contributed by atoms with E-state index in [9.17, 15) is 14.4 Å². The maximum Gasteiger partial charge on any atom is 0.368 e. The molecular formula is C19H24ClFN6O6. The van der Waals surface area contributed by atoms with Gasteiger partial charge in [0.25, 0.3) is 0 Å². The highest BCUT2D eigenvalue weighted by molar-refractivity contribution is 6.18. The molecule has 33 heavy (non-hydrogen) atoms. The van der Waals surface area contributed by atoms with E-state index in [1.807, 2.05) is 0 Å². The van der Waals surface area contributed by atoms with Crippen LogP contribution in [0.2, 0.25) is 0 Å². The summed E-state index contributed by atoms with van der Waals surface area (Å²) in [6.45, 7) is 5.88. The number of aromatic nitrogens is 6. The Bertz CT molecular complexity index is 1050. The molecule has 0 radical (unpaired) electrons. The van der Waals surface area contributed by atoms with Crippen LogP contribution in [0.1, 0.15) is 33.9 Å². The standard InChI is InChI=1S/C19H24ClFN6O6/c1-10(2)16(28)31-7-19(6-20)14(32-17(29)11(3)4)13(21)15(33-19)27-18(30)25-12(5-23-27)26-9-22-8-24-26/h5,8-11,13-15H,6-7H2,1-4H3/t13-,14+,15-,19-/m1/s1. The zero-order valence-corrected chi connectivity index (χ0v) is 19.2. The fourth-order valence-corrected chi connectivity index (χ4v) is 3.30. The summed E-state index contributed by atoms with van der Waals surface area (Å²) in [6.07, 6.45) is -1.56. The Morgan fingerprint density at radius 3 is 2.48 bits per heavy atom. The molecular weight excluding hydrogens is 463 g/mol. The summed E-state index contributed by atoms with van der Waals surface area (Å²) in [7, 11) is 0. The molecule has 0 N–H and O–H groups in total. The predicted octanol–water partition coefficient (Wildman–Crippen LogP) is 0.830. The topological polar surface area (TPSA) is 140 Å². The Kier molecular flexibility index (Phi) is 7.42. The Labute approximate surface area is 193 Å². The lowest BCUT2D eigenvalue weighted by atomic mass is 9.98. The molecule has 0 aliphatic carbocycles. The fourth-order valence-electron chi connectivity index (χ4n) is 3.01. The third kappa shape index (κ3) is 5.03. The van der Waals surface area contributed by atoms with Crippen LogP contribution in [-0.2, 0) is 23.8 Å². The molecule has 1 fully saturated rings. The summed E-state index contributed by atoms with van der Waals surface area (Å²) in [5, 5.41) is 7.78. The van der Waals surface area contributed by atoms with Gasteiger partial charge in [-0.05, 0) is 0 Å². The van der Waals surface area contributed by atoms with E-state index in [4.69, 9.17) is 25.8 Å². The number of alkyl halides is 2. The Hall–Kier alpha value is -2.93. The van der Waals surface area contributed by atoms with Crippen molar-refractivity contribution in [1.82, 2.24) is 29.5 Å². The van der Waals surface area contributed by atoms with Crippen LogP contribution < -0.4 is 5.69 Å². The molecule has 0 amide bonds. The van der Waals surface area contributed by atoms with Crippen molar-refractivity contribution < 1.29 is 28.2 Å². The molecule has 180 valence electrons. The molecule has 12 nitrogen and oxygen atoms in total. The number of hydrogen-bond donors (Lipinski definition) is 0. The highest BCUT2D eigenvalue weighted by Crippen LogP contribution is 2.41. The number of carbonyl (C=O) groups excluding carboxylic acids is 2. The number of halogens is 2. The van der Waals surface area contributed by atoms with Gasteiger partial charge in [-0.15, -0.1) is 11.6 Å². The van der Waals surface area contributed by atoms with Crippen LogP contribution in [0.25, 0.3) is 5.82 Å². The van der Waals surface area contributed by atoms with Gasteiger partial charge in [-0.1, -0.05) is 27.7 Å². The van der Waals surface area contributed by atoms with E-state index in [1.165, 1.54) is 23.5 Å². The normalized spacial score (nSPS) is 24.9. The van der Waals surface area contributed by atoms with Gasteiger partial charge in [-0.2, -0.15) is 19.9 Å². The molecule has 2 aromatic heterocycles. The van der Waals surface area contributed by atoms with Gasteiger partial charge >= 0.3 is 17.6 Å². The number of esters is 2. The summed E-state index contributed by atoms with van der Waals surface area (Å²) < 4.78 is 33.9. The van der Waals surface area contributed by atoms with Crippen molar-refractivity contribution in [2.45, 2.75) is 51.8 Å². The Balaban J connectivity index is 1.95. The van der Waals surface area contributed by atoms with Gasteiger partial charge in [0.15, 0.2) is 29.9 Å². The quantitative estimate of drug-likeness (QED) is 0.389. The van der Waals surface area contributed by atoms with Gasteiger partial charge in [0.2, 0.25) is 0 Å². The van der Waals surface area contributed by atoms with Crippen LogP contribution >= 0.6 is 11.6 Å². The predicted molar refractivity (Wildman–Crippen MR) is 110 cm³/mol. The van der Waals surface area contributed by atoms with E-state index in [0.29, 0.717) is 4.68 Å². The average Bonchev–Trinajstić information content (AvgIpc) is 3.40. The van der Waals surface area contributed by atoms with Gasteiger partial charge in [-0.3, -0.25) is 9.59 Å². The lowest BCUT2D eigenvalue weighted by Crippen LogP contribution is -2.51. The first-order chi connectivity index (χ1) is 15.6. The molecule has 0 aromatic carbocycles. The van der Waals surface area contributed by atoms with Crippen LogP contribution in [0.3, 0.4) is 0 Å². The monoisotopic (exact) mass is 486 g/mol. The minimum Gasteiger partial charge on any atom is -0.462 e. The van der Waals surface area contributed by atoms with Gasteiger partial charge in [0, 0.05) is 0 Å². The van der Waals surface area contributed by atoms with E-state index in [1.54, 1.807) is 27.7 Å². The molecule has 1 aliphatic rings. The summed E-state index contributed by atoms with van der Waals surface area (Å²) in [6, 6.07) is 0. The molecule has 3 heterocycles. The van der Waals surface area contributed by atoms with Crippen molar-refractivity contribution in [2.24, 2.45) is 11.8 Å². The van der Waals surface area contributed by atoms with Crippen LogP contribution in [-0.4, -0.2) is 71.8 Å². The molecule has 0 spiro atoms.